The van der Waals surface area contributed by atoms with E-state index < -0.39 is 0 Å². The summed E-state index contributed by atoms with van der Waals surface area (Å²) in [5.41, 5.74) is 4.26. The van der Waals surface area contributed by atoms with Crippen LogP contribution < -0.4 is 15.5 Å². The van der Waals surface area contributed by atoms with Crippen molar-refractivity contribution in [2.75, 3.05) is 23.3 Å². The zero-order chi connectivity index (χ0) is 19.5. The minimum Gasteiger partial charge on any atom is -0.372 e. The number of rotatable bonds is 6. The van der Waals surface area contributed by atoms with Crippen molar-refractivity contribution < 1.29 is 9.59 Å². The second-order valence-electron chi connectivity index (χ2n) is 7.82. The first-order valence-corrected chi connectivity index (χ1v) is 10.1. The van der Waals surface area contributed by atoms with Gasteiger partial charge in [0.1, 0.15) is 0 Å². The minimum absolute atomic E-state index is 0.0345. The Morgan fingerprint density at radius 3 is 2.36 bits per heavy atom. The summed E-state index contributed by atoms with van der Waals surface area (Å²) in [6.07, 6.45) is 3.11. The molecule has 2 N–H and O–H groups in total. The molecular weight excluding hydrogens is 350 g/mol. The summed E-state index contributed by atoms with van der Waals surface area (Å²) < 4.78 is 0. The van der Waals surface area contributed by atoms with Crippen LogP contribution in [0, 0.1) is 18.8 Å². The van der Waals surface area contributed by atoms with Gasteiger partial charge in [-0.05, 0) is 61.6 Å². The predicted octanol–water partition coefficient (Wildman–Crippen LogP) is 3.49. The average molecular weight is 377 g/mol. The van der Waals surface area contributed by atoms with Crippen LogP contribution in [-0.4, -0.2) is 24.9 Å². The number of aryl methyl sites for hydroxylation is 1. The molecule has 0 radical (unpaired) electrons. The van der Waals surface area contributed by atoms with Gasteiger partial charge in [-0.25, -0.2) is 0 Å². The minimum atomic E-state index is -0.227. The molecule has 2 atom stereocenters. The molecule has 1 aliphatic carbocycles. The molecule has 5 heteroatoms. The van der Waals surface area contributed by atoms with Crippen molar-refractivity contribution in [3.63, 3.8) is 0 Å². The fourth-order valence-electron chi connectivity index (χ4n) is 3.86. The summed E-state index contributed by atoms with van der Waals surface area (Å²) in [7, 11) is 0. The largest absolute Gasteiger partial charge is 0.372 e. The highest BCUT2D eigenvalue weighted by Gasteiger charge is 2.47. The third-order valence-electron chi connectivity index (χ3n) is 5.78. The van der Waals surface area contributed by atoms with Crippen LogP contribution in [0.5, 0.6) is 0 Å². The molecule has 0 bridgehead atoms. The highest BCUT2D eigenvalue weighted by atomic mass is 16.2. The van der Waals surface area contributed by atoms with Crippen LogP contribution in [0.4, 0.5) is 11.4 Å². The fourth-order valence-corrected chi connectivity index (χ4v) is 3.86. The SMILES string of the molecule is Cc1ccccc1CNC(=O)C1CC1C(=O)Nc1ccc(N2CCCC2)cc1. The highest BCUT2D eigenvalue weighted by Crippen LogP contribution is 2.39. The van der Waals surface area contributed by atoms with E-state index in [9.17, 15) is 9.59 Å². The lowest BCUT2D eigenvalue weighted by atomic mass is 10.1. The monoisotopic (exact) mass is 377 g/mol. The quantitative estimate of drug-likeness (QED) is 0.810. The molecular formula is C23H27N3O2. The molecule has 1 saturated carbocycles. The summed E-state index contributed by atoms with van der Waals surface area (Å²) in [6.45, 7) is 4.75. The standard InChI is InChI=1S/C23H27N3O2/c1-16-6-2-3-7-17(16)15-24-22(27)20-14-21(20)23(28)25-18-8-10-19(11-9-18)26-12-4-5-13-26/h2-3,6-11,20-21H,4-5,12-15H2,1H3,(H,24,27)(H,25,28). The predicted molar refractivity (Wildman–Crippen MR) is 111 cm³/mol. The fraction of sp³-hybridized carbons (Fsp3) is 0.391. The van der Waals surface area contributed by atoms with Gasteiger partial charge in [0, 0.05) is 31.0 Å². The van der Waals surface area contributed by atoms with Gasteiger partial charge in [0.05, 0.1) is 11.8 Å². The first-order valence-electron chi connectivity index (χ1n) is 10.1. The van der Waals surface area contributed by atoms with Crippen molar-refractivity contribution >= 4 is 23.2 Å². The molecule has 2 aromatic rings. The molecule has 28 heavy (non-hydrogen) atoms. The molecule has 2 amide bonds. The molecule has 146 valence electrons. The number of carbonyl (C=O) groups excluding carboxylic acids is 2. The summed E-state index contributed by atoms with van der Waals surface area (Å²) in [4.78, 5) is 27.2. The Hall–Kier alpha value is -2.82. The van der Waals surface area contributed by atoms with Crippen LogP contribution in [0.2, 0.25) is 0 Å². The van der Waals surface area contributed by atoms with E-state index in [1.807, 2.05) is 43.3 Å². The smallest absolute Gasteiger partial charge is 0.228 e. The summed E-state index contributed by atoms with van der Waals surface area (Å²) in [5.74, 6) is -0.541. The van der Waals surface area contributed by atoms with Gasteiger partial charge >= 0.3 is 0 Å². The van der Waals surface area contributed by atoms with Gasteiger partial charge in [-0.15, -0.1) is 0 Å². The van der Waals surface area contributed by atoms with E-state index in [0.717, 1.165) is 29.9 Å². The maximum atomic E-state index is 12.5. The maximum absolute atomic E-state index is 12.5. The number of amides is 2. The third-order valence-corrected chi connectivity index (χ3v) is 5.78. The van der Waals surface area contributed by atoms with Crippen molar-refractivity contribution in [3.8, 4) is 0 Å². The molecule has 2 fully saturated rings. The van der Waals surface area contributed by atoms with Crippen LogP contribution >= 0.6 is 0 Å². The van der Waals surface area contributed by atoms with Gasteiger partial charge in [-0.2, -0.15) is 0 Å². The number of hydrogen-bond acceptors (Lipinski definition) is 3. The molecule has 1 heterocycles. The molecule has 2 aliphatic rings. The molecule has 1 saturated heterocycles. The maximum Gasteiger partial charge on any atom is 0.228 e. The Morgan fingerprint density at radius 1 is 0.964 bits per heavy atom. The second-order valence-corrected chi connectivity index (χ2v) is 7.82. The summed E-state index contributed by atoms with van der Waals surface area (Å²) >= 11 is 0. The van der Waals surface area contributed by atoms with Crippen molar-refractivity contribution in [1.82, 2.24) is 5.32 Å². The average Bonchev–Trinajstić information content (AvgIpc) is 3.33. The molecule has 1 aliphatic heterocycles. The van der Waals surface area contributed by atoms with Crippen LogP contribution in [0.15, 0.2) is 48.5 Å². The van der Waals surface area contributed by atoms with Crippen LogP contribution in [0.1, 0.15) is 30.4 Å². The van der Waals surface area contributed by atoms with E-state index in [2.05, 4.69) is 27.7 Å². The molecule has 2 unspecified atom stereocenters. The van der Waals surface area contributed by atoms with Crippen LogP contribution in [-0.2, 0) is 16.1 Å². The van der Waals surface area contributed by atoms with Crippen molar-refractivity contribution in [2.24, 2.45) is 11.8 Å². The summed E-state index contributed by atoms with van der Waals surface area (Å²) in [6, 6.07) is 16.0. The lowest BCUT2D eigenvalue weighted by Crippen LogP contribution is -2.27. The van der Waals surface area contributed by atoms with Gasteiger partial charge < -0.3 is 15.5 Å². The third kappa shape index (κ3) is 4.19. The Labute approximate surface area is 166 Å². The molecule has 5 nitrogen and oxygen atoms in total. The van der Waals surface area contributed by atoms with Crippen molar-refractivity contribution in [1.29, 1.82) is 0 Å². The molecule has 4 rings (SSSR count). The van der Waals surface area contributed by atoms with Gasteiger partial charge in [-0.3, -0.25) is 9.59 Å². The Balaban J connectivity index is 1.26. The van der Waals surface area contributed by atoms with E-state index in [1.165, 1.54) is 18.5 Å². The van der Waals surface area contributed by atoms with Gasteiger partial charge in [-0.1, -0.05) is 24.3 Å². The molecule has 2 aromatic carbocycles. The number of benzene rings is 2. The number of nitrogens with zero attached hydrogens (tertiary/aromatic N) is 1. The van der Waals surface area contributed by atoms with Gasteiger partial charge in [0.2, 0.25) is 11.8 Å². The Bertz CT molecular complexity index is 856. The van der Waals surface area contributed by atoms with E-state index >= 15 is 0 Å². The number of anilines is 2. The molecule has 0 aromatic heterocycles. The molecule has 0 spiro atoms. The van der Waals surface area contributed by atoms with Gasteiger partial charge in [0.15, 0.2) is 0 Å². The first-order chi connectivity index (χ1) is 13.6. The second kappa shape index (κ2) is 8.05. The zero-order valence-corrected chi connectivity index (χ0v) is 16.3. The first kappa shape index (κ1) is 18.5. The summed E-state index contributed by atoms with van der Waals surface area (Å²) in [5, 5.41) is 5.92. The normalized spacial score (nSPS) is 20.7. The zero-order valence-electron chi connectivity index (χ0n) is 16.3. The van der Waals surface area contributed by atoms with Crippen molar-refractivity contribution in [2.45, 2.75) is 32.7 Å². The van der Waals surface area contributed by atoms with E-state index in [4.69, 9.17) is 0 Å². The lowest BCUT2D eigenvalue weighted by Gasteiger charge is -2.17. The van der Waals surface area contributed by atoms with E-state index in [0.29, 0.717) is 13.0 Å². The van der Waals surface area contributed by atoms with Crippen LogP contribution in [0.3, 0.4) is 0 Å². The number of hydrogen-bond donors (Lipinski definition) is 2. The number of carbonyl (C=O) groups is 2. The highest BCUT2D eigenvalue weighted by molar-refractivity contribution is 5.99. The Kier molecular flexibility index (Phi) is 5.33. The Morgan fingerprint density at radius 2 is 1.64 bits per heavy atom. The lowest BCUT2D eigenvalue weighted by molar-refractivity contribution is -0.125. The van der Waals surface area contributed by atoms with Crippen LogP contribution in [0.25, 0.3) is 0 Å². The van der Waals surface area contributed by atoms with E-state index in [1.54, 1.807) is 0 Å². The van der Waals surface area contributed by atoms with Gasteiger partial charge in [0.25, 0.3) is 0 Å². The topological polar surface area (TPSA) is 61.4 Å². The van der Waals surface area contributed by atoms with Crippen molar-refractivity contribution in [3.05, 3.63) is 59.7 Å². The number of nitrogens with one attached hydrogen (secondary N) is 2. The van der Waals surface area contributed by atoms with E-state index in [-0.39, 0.29) is 23.7 Å².